The van der Waals surface area contributed by atoms with Gasteiger partial charge in [0, 0.05) is 25.1 Å². The summed E-state index contributed by atoms with van der Waals surface area (Å²) in [6.07, 6.45) is 7.45. The molecule has 2 rings (SSSR count). The molecular formula is C24H42N4O2. The number of aliphatic imine (C=N–C) groups is 1. The van der Waals surface area contributed by atoms with Crippen LogP contribution in [0.1, 0.15) is 56.6 Å². The number of hydrogen-bond acceptors (Lipinski definition) is 4. The third kappa shape index (κ3) is 9.81. The third-order valence-electron chi connectivity index (χ3n) is 5.23. The fourth-order valence-corrected chi connectivity index (χ4v) is 3.48. The Morgan fingerprint density at radius 2 is 1.97 bits per heavy atom. The molecule has 0 saturated carbocycles. The normalized spacial score (nSPS) is 16.8. The number of guanidine groups is 1. The van der Waals surface area contributed by atoms with Gasteiger partial charge in [-0.2, -0.15) is 0 Å². The lowest BCUT2D eigenvalue weighted by Crippen LogP contribution is -2.37. The minimum Gasteiger partial charge on any atom is -0.488 e. The molecule has 1 heterocycles. The summed E-state index contributed by atoms with van der Waals surface area (Å²) in [6, 6.07) is 6.36. The number of ether oxygens (including phenoxy) is 2. The Balaban J connectivity index is 1.79. The Labute approximate surface area is 183 Å². The van der Waals surface area contributed by atoms with Crippen molar-refractivity contribution < 1.29 is 9.47 Å². The molecule has 6 heteroatoms. The Hall–Kier alpha value is -1.79. The maximum Gasteiger partial charge on any atom is 0.191 e. The molecule has 1 fully saturated rings. The van der Waals surface area contributed by atoms with Gasteiger partial charge in [-0.25, -0.2) is 4.99 Å². The van der Waals surface area contributed by atoms with Crippen LogP contribution in [0.5, 0.6) is 5.75 Å². The monoisotopic (exact) mass is 418 g/mol. The van der Waals surface area contributed by atoms with Crippen molar-refractivity contribution in [1.82, 2.24) is 15.5 Å². The van der Waals surface area contributed by atoms with E-state index in [4.69, 9.17) is 14.5 Å². The van der Waals surface area contributed by atoms with Gasteiger partial charge < -0.3 is 25.0 Å². The number of nitrogens with zero attached hydrogens (tertiary/aromatic N) is 2. The summed E-state index contributed by atoms with van der Waals surface area (Å²) >= 11 is 0. The Kier molecular flexibility index (Phi) is 11.6. The minimum absolute atomic E-state index is 0.151. The highest BCUT2D eigenvalue weighted by molar-refractivity contribution is 5.79. The number of benzene rings is 1. The van der Waals surface area contributed by atoms with Gasteiger partial charge in [0.05, 0.1) is 19.8 Å². The molecule has 1 unspecified atom stereocenters. The lowest BCUT2D eigenvalue weighted by Gasteiger charge is -2.16. The molecule has 1 atom stereocenters. The summed E-state index contributed by atoms with van der Waals surface area (Å²) in [7, 11) is 4.28. The zero-order chi connectivity index (χ0) is 21.6. The fraction of sp³-hybridized carbons (Fsp3) is 0.708. The van der Waals surface area contributed by atoms with Gasteiger partial charge in [-0.05, 0) is 59.0 Å². The molecular weight excluding hydrogens is 376 g/mol. The van der Waals surface area contributed by atoms with Crippen LogP contribution >= 0.6 is 0 Å². The van der Waals surface area contributed by atoms with E-state index < -0.39 is 0 Å². The van der Waals surface area contributed by atoms with Gasteiger partial charge in [-0.3, -0.25) is 0 Å². The van der Waals surface area contributed by atoms with Crippen LogP contribution in [0.3, 0.4) is 0 Å². The van der Waals surface area contributed by atoms with Crippen LogP contribution in [0.25, 0.3) is 0 Å². The molecule has 0 amide bonds. The molecule has 0 bridgehead atoms. The largest absolute Gasteiger partial charge is 0.488 e. The van der Waals surface area contributed by atoms with Crippen LogP contribution in [0.2, 0.25) is 0 Å². The molecule has 1 aliphatic heterocycles. The second kappa shape index (κ2) is 14.3. The molecule has 30 heavy (non-hydrogen) atoms. The fourth-order valence-electron chi connectivity index (χ4n) is 3.48. The van der Waals surface area contributed by atoms with Crippen molar-refractivity contribution in [3.8, 4) is 5.75 Å². The van der Waals surface area contributed by atoms with E-state index in [-0.39, 0.29) is 6.10 Å². The standard InChI is InChI=1S/C24H42N4O2/c1-5-25-24(26-14-9-7-6-8-10-15-28(3)4)27-18-21-12-11-20(2)17-23(21)30-22-13-16-29-19-22/h11-12,17,22H,5-10,13-16,18-19H2,1-4H3,(H2,25,26,27). The topological polar surface area (TPSA) is 58.1 Å². The van der Waals surface area contributed by atoms with E-state index >= 15 is 0 Å². The maximum atomic E-state index is 6.20. The van der Waals surface area contributed by atoms with Gasteiger partial charge in [-0.1, -0.05) is 31.4 Å². The molecule has 1 saturated heterocycles. The van der Waals surface area contributed by atoms with Crippen molar-refractivity contribution in [2.75, 3.05) is 46.9 Å². The lowest BCUT2D eigenvalue weighted by atomic mass is 10.1. The molecule has 0 radical (unpaired) electrons. The number of aryl methyl sites for hydroxylation is 1. The number of rotatable bonds is 13. The predicted octanol–water partition coefficient (Wildman–Crippen LogP) is 3.73. The SMILES string of the molecule is CCNC(=NCc1ccc(C)cc1OC1CCOC1)NCCCCCCCN(C)C. The van der Waals surface area contributed by atoms with Crippen LogP contribution in [0, 0.1) is 6.92 Å². The van der Waals surface area contributed by atoms with Crippen LogP contribution in [-0.2, 0) is 11.3 Å². The van der Waals surface area contributed by atoms with E-state index in [0.29, 0.717) is 13.2 Å². The molecule has 170 valence electrons. The summed E-state index contributed by atoms with van der Waals surface area (Å²) in [6.45, 7) is 9.25. The highest BCUT2D eigenvalue weighted by Gasteiger charge is 2.18. The summed E-state index contributed by atoms with van der Waals surface area (Å²) in [4.78, 5) is 7.05. The van der Waals surface area contributed by atoms with Crippen LogP contribution in [0.4, 0.5) is 0 Å². The molecule has 2 N–H and O–H groups in total. The van der Waals surface area contributed by atoms with Crippen LogP contribution in [-0.4, -0.2) is 63.9 Å². The Morgan fingerprint density at radius 1 is 1.17 bits per heavy atom. The lowest BCUT2D eigenvalue weighted by molar-refractivity contribution is 0.140. The van der Waals surface area contributed by atoms with E-state index in [1.165, 1.54) is 44.2 Å². The van der Waals surface area contributed by atoms with Gasteiger partial charge in [0.1, 0.15) is 11.9 Å². The smallest absolute Gasteiger partial charge is 0.191 e. The number of unbranched alkanes of at least 4 members (excludes halogenated alkanes) is 4. The Bertz CT molecular complexity index is 628. The second-order valence-electron chi connectivity index (χ2n) is 8.41. The zero-order valence-electron chi connectivity index (χ0n) is 19.5. The van der Waals surface area contributed by atoms with E-state index in [9.17, 15) is 0 Å². The highest BCUT2D eigenvalue weighted by Crippen LogP contribution is 2.24. The first-order valence-corrected chi connectivity index (χ1v) is 11.6. The van der Waals surface area contributed by atoms with Crippen LogP contribution in [0.15, 0.2) is 23.2 Å². The second-order valence-corrected chi connectivity index (χ2v) is 8.41. The quantitative estimate of drug-likeness (QED) is 0.290. The zero-order valence-corrected chi connectivity index (χ0v) is 19.5. The van der Waals surface area contributed by atoms with E-state index in [1.807, 2.05) is 0 Å². The van der Waals surface area contributed by atoms with Gasteiger partial charge in [0.2, 0.25) is 0 Å². The summed E-state index contributed by atoms with van der Waals surface area (Å²) < 4.78 is 11.7. The van der Waals surface area contributed by atoms with Crippen molar-refractivity contribution in [3.63, 3.8) is 0 Å². The van der Waals surface area contributed by atoms with E-state index in [2.05, 4.69) is 61.7 Å². The summed E-state index contributed by atoms with van der Waals surface area (Å²) in [5.41, 5.74) is 2.32. The van der Waals surface area contributed by atoms with Gasteiger partial charge in [-0.15, -0.1) is 0 Å². The molecule has 0 aliphatic carbocycles. The molecule has 1 aromatic rings. The van der Waals surface area contributed by atoms with Crippen molar-refractivity contribution in [2.45, 2.75) is 65.0 Å². The van der Waals surface area contributed by atoms with E-state index in [0.717, 1.165) is 43.4 Å². The number of hydrogen-bond donors (Lipinski definition) is 2. The average molecular weight is 419 g/mol. The van der Waals surface area contributed by atoms with Gasteiger partial charge in [0.15, 0.2) is 5.96 Å². The van der Waals surface area contributed by atoms with Crippen molar-refractivity contribution in [1.29, 1.82) is 0 Å². The maximum absolute atomic E-state index is 6.20. The van der Waals surface area contributed by atoms with Gasteiger partial charge in [0.25, 0.3) is 0 Å². The number of nitrogens with one attached hydrogen (secondary N) is 2. The van der Waals surface area contributed by atoms with Crippen molar-refractivity contribution >= 4 is 5.96 Å². The third-order valence-corrected chi connectivity index (χ3v) is 5.23. The van der Waals surface area contributed by atoms with Gasteiger partial charge >= 0.3 is 0 Å². The average Bonchev–Trinajstić information content (AvgIpc) is 3.22. The summed E-state index contributed by atoms with van der Waals surface area (Å²) in [5.74, 6) is 1.81. The molecule has 0 spiro atoms. The molecule has 1 aliphatic rings. The first-order valence-electron chi connectivity index (χ1n) is 11.6. The summed E-state index contributed by atoms with van der Waals surface area (Å²) in [5, 5.41) is 6.83. The molecule has 0 aromatic heterocycles. The minimum atomic E-state index is 0.151. The van der Waals surface area contributed by atoms with Crippen molar-refractivity contribution in [2.24, 2.45) is 4.99 Å². The van der Waals surface area contributed by atoms with Crippen molar-refractivity contribution in [3.05, 3.63) is 29.3 Å². The molecule has 6 nitrogen and oxygen atoms in total. The molecule has 1 aromatic carbocycles. The Morgan fingerprint density at radius 3 is 2.70 bits per heavy atom. The predicted molar refractivity (Wildman–Crippen MR) is 125 cm³/mol. The van der Waals surface area contributed by atoms with Crippen LogP contribution < -0.4 is 15.4 Å². The van der Waals surface area contributed by atoms with E-state index in [1.54, 1.807) is 0 Å². The first-order chi connectivity index (χ1) is 14.6. The first kappa shape index (κ1) is 24.5. The highest BCUT2D eigenvalue weighted by atomic mass is 16.5.